The first-order valence-electron chi connectivity index (χ1n) is 12.2. The molecular formula is C24H32N8O3. The second-order valence-electron chi connectivity index (χ2n) is 9.69. The van der Waals surface area contributed by atoms with Gasteiger partial charge in [0.25, 0.3) is 5.91 Å². The molecule has 2 saturated heterocycles. The van der Waals surface area contributed by atoms with Gasteiger partial charge in [-0.3, -0.25) is 4.79 Å². The molecule has 0 aromatic carbocycles. The molecule has 11 nitrogen and oxygen atoms in total. The van der Waals surface area contributed by atoms with Gasteiger partial charge in [0.2, 0.25) is 5.95 Å². The molecule has 3 fully saturated rings. The lowest BCUT2D eigenvalue weighted by Gasteiger charge is -2.51. The number of pyridine rings is 1. The zero-order valence-electron chi connectivity index (χ0n) is 20.1. The Kier molecular flexibility index (Phi) is 6.42. The molecule has 1 spiro atoms. The number of carbonyl (C=O) groups is 2. The quantitative estimate of drug-likeness (QED) is 0.675. The highest BCUT2D eigenvalue weighted by Crippen LogP contribution is 2.39. The van der Waals surface area contributed by atoms with Gasteiger partial charge in [0.15, 0.2) is 0 Å². The number of nitrogens with one attached hydrogen (secondary N) is 1. The topological polar surface area (TPSA) is 118 Å². The summed E-state index contributed by atoms with van der Waals surface area (Å²) < 4.78 is 0. The van der Waals surface area contributed by atoms with Gasteiger partial charge < -0.3 is 25.1 Å². The molecule has 0 atom stereocenters. The predicted molar refractivity (Wildman–Crippen MR) is 132 cm³/mol. The van der Waals surface area contributed by atoms with Crippen LogP contribution in [0.1, 0.15) is 32.1 Å². The van der Waals surface area contributed by atoms with E-state index in [0.717, 1.165) is 68.9 Å². The van der Waals surface area contributed by atoms with Crippen LogP contribution in [0.2, 0.25) is 0 Å². The van der Waals surface area contributed by atoms with Crippen LogP contribution in [0.25, 0.3) is 0 Å². The zero-order chi connectivity index (χ0) is 24.4. The molecule has 186 valence electrons. The third-order valence-corrected chi connectivity index (χ3v) is 7.41. The predicted octanol–water partition coefficient (Wildman–Crippen LogP) is 2.40. The van der Waals surface area contributed by atoms with Gasteiger partial charge in [-0.25, -0.2) is 19.7 Å². The van der Waals surface area contributed by atoms with Crippen LogP contribution in [0.3, 0.4) is 0 Å². The molecule has 5 rings (SSSR count). The number of hydrogen-bond acceptors (Lipinski definition) is 9. The van der Waals surface area contributed by atoms with Crippen molar-refractivity contribution >= 4 is 35.3 Å². The minimum Gasteiger partial charge on any atom is -0.465 e. The van der Waals surface area contributed by atoms with Crippen molar-refractivity contribution in [2.24, 2.45) is 0 Å². The molecule has 0 bridgehead atoms. The molecule has 1 saturated carbocycles. The minimum atomic E-state index is -1.18. The third-order valence-electron chi connectivity index (χ3n) is 7.41. The maximum absolute atomic E-state index is 12.6. The second kappa shape index (κ2) is 9.65. The Hall–Kier alpha value is -3.47. The second-order valence-corrected chi connectivity index (χ2v) is 9.69. The Morgan fingerprint density at radius 3 is 2.51 bits per heavy atom. The van der Waals surface area contributed by atoms with Crippen molar-refractivity contribution < 1.29 is 14.7 Å². The van der Waals surface area contributed by atoms with Gasteiger partial charge in [-0.2, -0.15) is 4.98 Å². The van der Waals surface area contributed by atoms with E-state index in [-0.39, 0.29) is 13.1 Å². The zero-order valence-corrected chi connectivity index (χ0v) is 20.1. The van der Waals surface area contributed by atoms with Crippen LogP contribution in [-0.4, -0.2) is 93.7 Å². The van der Waals surface area contributed by atoms with E-state index in [4.69, 9.17) is 4.98 Å². The summed E-state index contributed by atoms with van der Waals surface area (Å²) in [4.78, 5) is 45.5. The Morgan fingerprint density at radius 2 is 1.83 bits per heavy atom. The Morgan fingerprint density at radius 1 is 1.06 bits per heavy atom. The standard InChI is InChI=1S/C24H32N8O3/c1-29-11-13-30(14-12-29)18-5-6-19(26-15-18)27-22-25-10-7-20(28-22)32-16-21(33)31(23(34)35)17-24(32)8-3-2-4-9-24/h5-7,10,15H,2-4,8-9,11-14,16-17H2,1H3,(H,34,35)(H,25,26,27,28). The van der Waals surface area contributed by atoms with Gasteiger partial charge in [0.1, 0.15) is 11.6 Å². The average Bonchev–Trinajstić information content (AvgIpc) is 2.87. The molecule has 1 aliphatic carbocycles. The summed E-state index contributed by atoms with van der Waals surface area (Å²) in [5, 5.41) is 12.7. The molecule has 4 heterocycles. The van der Waals surface area contributed by atoms with Crippen molar-refractivity contribution in [3.63, 3.8) is 0 Å². The van der Waals surface area contributed by atoms with Crippen LogP contribution in [0.4, 0.5) is 28.1 Å². The van der Waals surface area contributed by atoms with E-state index in [9.17, 15) is 14.7 Å². The number of piperazine rings is 2. The summed E-state index contributed by atoms with van der Waals surface area (Å²) in [6, 6.07) is 5.75. The van der Waals surface area contributed by atoms with Crippen LogP contribution in [0.5, 0.6) is 0 Å². The summed E-state index contributed by atoms with van der Waals surface area (Å²) in [6.45, 7) is 4.18. The highest BCUT2D eigenvalue weighted by Gasteiger charge is 2.47. The van der Waals surface area contributed by atoms with E-state index >= 15 is 0 Å². The Balaban J connectivity index is 1.33. The molecule has 3 aliphatic rings. The lowest BCUT2D eigenvalue weighted by atomic mass is 9.78. The monoisotopic (exact) mass is 480 g/mol. The van der Waals surface area contributed by atoms with Crippen molar-refractivity contribution in [3.8, 4) is 0 Å². The minimum absolute atomic E-state index is 0.0132. The fourth-order valence-corrected chi connectivity index (χ4v) is 5.38. The normalized spacial score (nSPS) is 20.8. The molecule has 2 aromatic rings. The summed E-state index contributed by atoms with van der Waals surface area (Å²) in [5.41, 5.74) is 0.658. The molecule has 35 heavy (non-hydrogen) atoms. The fraction of sp³-hybridized carbons (Fsp3) is 0.542. The molecule has 2 amide bonds. The van der Waals surface area contributed by atoms with Crippen molar-refractivity contribution in [1.29, 1.82) is 0 Å². The highest BCUT2D eigenvalue weighted by atomic mass is 16.4. The number of nitrogens with zero attached hydrogens (tertiary/aromatic N) is 7. The van der Waals surface area contributed by atoms with E-state index in [1.807, 2.05) is 23.2 Å². The number of carboxylic acid groups (broad SMARTS) is 1. The molecule has 0 unspecified atom stereocenters. The molecule has 0 radical (unpaired) electrons. The number of amides is 2. The van der Waals surface area contributed by atoms with E-state index in [0.29, 0.717) is 17.6 Å². The number of aromatic nitrogens is 3. The lowest BCUT2D eigenvalue weighted by molar-refractivity contribution is -0.131. The van der Waals surface area contributed by atoms with Crippen molar-refractivity contribution in [2.45, 2.75) is 37.6 Å². The fourth-order valence-electron chi connectivity index (χ4n) is 5.38. The molecule has 2 aliphatic heterocycles. The smallest absolute Gasteiger partial charge is 0.414 e. The Labute approximate surface area is 204 Å². The number of likely N-dealkylation sites (N-methyl/N-ethyl adjacent to an activating group) is 1. The van der Waals surface area contributed by atoms with Gasteiger partial charge in [-0.15, -0.1) is 0 Å². The average molecular weight is 481 g/mol. The number of imide groups is 1. The van der Waals surface area contributed by atoms with Gasteiger partial charge in [0, 0.05) is 32.4 Å². The summed E-state index contributed by atoms with van der Waals surface area (Å²) >= 11 is 0. The van der Waals surface area contributed by atoms with Crippen molar-refractivity contribution in [3.05, 3.63) is 30.6 Å². The van der Waals surface area contributed by atoms with Gasteiger partial charge in [-0.05, 0) is 38.1 Å². The van der Waals surface area contributed by atoms with Gasteiger partial charge in [0.05, 0.1) is 30.5 Å². The van der Waals surface area contributed by atoms with Crippen molar-refractivity contribution in [1.82, 2.24) is 24.8 Å². The SMILES string of the molecule is CN1CCN(c2ccc(Nc3nccc(N4CC(=O)N(C(=O)O)CC45CCCCC5)n3)nc2)CC1. The van der Waals surface area contributed by atoms with E-state index in [1.165, 1.54) is 0 Å². The molecule has 2 N–H and O–H groups in total. The van der Waals surface area contributed by atoms with Gasteiger partial charge >= 0.3 is 6.09 Å². The maximum atomic E-state index is 12.6. The molecule has 2 aromatic heterocycles. The van der Waals surface area contributed by atoms with E-state index in [2.05, 4.69) is 32.1 Å². The first-order chi connectivity index (χ1) is 16.9. The van der Waals surface area contributed by atoms with E-state index < -0.39 is 17.5 Å². The Bertz CT molecular complexity index is 1060. The highest BCUT2D eigenvalue weighted by molar-refractivity contribution is 5.95. The summed E-state index contributed by atoms with van der Waals surface area (Å²) in [6.07, 6.45) is 7.10. The summed E-state index contributed by atoms with van der Waals surface area (Å²) in [7, 11) is 2.13. The number of anilines is 4. The first kappa shape index (κ1) is 23.3. The number of hydrogen-bond donors (Lipinski definition) is 2. The third kappa shape index (κ3) is 4.86. The van der Waals surface area contributed by atoms with Crippen LogP contribution >= 0.6 is 0 Å². The van der Waals surface area contributed by atoms with Crippen LogP contribution < -0.4 is 15.1 Å². The largest absolute Gasteiger partial charge is 0.465 e. The lowest BCUT2D eigenvalue weighted by Crippen LogP contribution is -2.66. The van der Waals surface area contributed by atoms with E-state index in [1.54, 1.807) is 12.3 Å². The van der Waals surface area contributed by atoms with Crippen LogP contribution in [0.15, 0.2) is 30.6 Å². The van der Waals surface area contributed by atoms with Crippen LogP contribution in [0, 0.1) is 0 Å². The number of rotatable bonds is 4. The summed E-state index contributed by atoms with van der Waals surface area (Å²) in [5.74, 6) is 1.22. The van der Waals surface area contributed by atoms with Crippen molar-refractivity contribution in [2.75, 3.05) is 61.4 Å². The molecule has 11 heteroatoms. The number of carbonyl (C=O) groups excluding carboxylic acids is 1. The van der Waals surface area contributed by atoms with Crippen LogP contribution in [-0.2, 0) is 4.79 Å². The maximum Gasteiger partial charge on any atom is 0.414 e. The first-order valence-corrected chi connectivity index (χ1v) is 12.2. The molecular weight excluding hydrogens is 448 g/mol. The van der Waals surface area contributed by atoms with Gasteiger partial charge in [-0.1, -0.05) is 19.3 Å².